The summed E-state index contributed by atoms with van der Waals surface area (Å²) in [7, 11) is 1.69. The van der Waals surface area contributed by atoms with E-state index in [2.05, 4.69) is 10.6 Å². The number of methoxy groups -OCH3 is 1. The molecular weight excluding hydrogens is 349 g/mol. The van der Waals surface area contributed by atoms with Crippen molar-refractivity contribution in [1.29, 1.82) is 0 Å². The van der Waals surface area contributed by atoms with Crippen LogP contribution in [0.5, 0.6) is 0 Å². The van der Waals surface area contributed by atoms with Crippen LogP contribution in [0.1, 0.15) is 0 Å². The highest BCUT2D eigenvalue weighted by Gasteiger charge is 2.26. The predicted molar refractivity (Wildman–Crippen MR) is 76.9 cm³/mol. The Morgan fingerprint density at radius 1 is 1.56 bits per heavy atom. The van der Waals surface area contributed by atoms with Gasteiger partial charge in [-0.3, -0.25) is 10.1 Å². The van der Waals surface area contributed by atoms with Crippen LogP contribution >= 0.6 is 22.6 Å². The van der Waals surface area contributed by atoms with Gasteiger partial charge < -0.3 is 15.4 Å². The van der Waals surface area contributed by atoms with E-state index >= 15 is 0 Å². The highest BCUT2D eigenvalue weighted by molar-refractivity contribution is 14.1. The molecular formula is C11H14IN3O3. The first kappa shape index (κ1) is 13.5. The maximum atomic E-state index is 10.7. The van der Waals surface area contributed by atoms with Crippen molar-refractivity contribution in [3.8, 4) is 0 Å². The van der Waals surface area contributed by atoms with E-state index in [1.54, 1.807) is 19.2 Å². The summed E-state index contributed by atoms with van der Waals surface area (Å²) in [5.74, 6) is 0. The summed E-state index contributed by atoms with van der Waals surface area (Å²) in [5.41, 5.74) is 1.01. The van der Waals surface area contributed by atoms with Crippen molar-refractivity contribution in [3.05, 3.63) is 31.9 Å². The fourth-order valence-corrected chi connectivity index (χ4v) is 2.72. The molecule has 0 aliphatic carbocycles. The molecule has 2 rings (SSSR count). The van der Waals surface area contributed by atoms with Gasteiger partial charge in [0.25, 0.3) is 5.69 Å². The Morgan fingerprint density at radius 3 is 2.94 bits per heavy atom. The van der Waals surface area contributed by atoms with Gasteiger partial charge in [0, 0.05) is 32.0 Å². The van der Waals surface area contributed by atoms with Crippen molar-refractivity contribution in [2.24, 2.45) is 0 Å². The van der Waals surface area contributed by atoms with E-state index in [-0.39, 0.29) is 22.8 Å². The summed E-state index contributed by atoms with van der Waals surface area (Å²) in [4.78, 5) is 10.4. The molecule has 2 atom stereocenters. The smallest absolute Gasteiger partial charge is 0.282 e. The monoisotopic (exact) mass is 363 g/mol. The zero-order valence-electron chi connectivity index (χ0n) is 9.85. The zero-order valence-corrected chi connectivity index (χ0v) is 12.0. The molecule has 0 bridgehead atoms. The molecule has 0 saturated carbocycles. The fraction of sp³-hybridized carbons (Fsp3) is 0.455. The van der Waals surface area contributed by atoms with Crippen LogP contribution in [0.4, 0.5) is 11.4 Å². The molecule has 1 aromatic rings. The minimum atomic E-state index is -0.374. The van der Waals surface area contributed by atoms with E-state index in [4.69, 9.17) is 4.74 Å². The fourth-order valence-electron chi connectivity index (χ4n) is 2.01. The second kappa shape index (κ2) is 5.81. The number of nitro groups is 1. The first-order valence-corrected chi connectivity index (χ1v) is 6.63. The van der Waals surface area contributed by atoms with Crippen molar-refractivity contribution >= 4 is 34.0 Å². The topological polar surface area (TPSA) is 76.4 Å². The van der Waals surface area contributed by atoms with Crippen LogP contribution in [0.3, 0.4) is 0 Å². The number of rotatable bonds is 4. The second-order valence-corrected chi connectivity index (χ2v) is 5.27. The second-order valence-electron chi connectivity index (χ2n) is 4.11. The van der Waals surface area contributed by atoms with Crippen LogP contribution in [-0.4, -0.2) is 37.3 Å². The van der Waals surface area contributed by atoms with Crippen LogP contribution in [0, 0.1) is 13.7 Å². The number of hydrogen-bond donors (Lipinski definition) is 2. The van der Waals surface area contributed by atoms with E-state index in [9.17, 15) is 10.1 Å². The molecule has 1 unspecified atom stereocenters. The molecule has 2 N–H and O–H groups in total. The minimum Gasteiger partial charge on any atom is -0.378 e. The summed E-state index contributed by atoms with van der Waals surface area (Å²) in [6.07, 6.45) is 0.123. The number of anilines is 1. The van der Waals surface area contributed by atoms with E-state index in [0.29, 0.717) is 3.57 Å². The van der Waals surface area contributed by atoms with Gasteiger partial charge >= 0.3 is 0 Å². The summed E-state index contributed by atoms with van der Waals surface area (Å²) >= 11 is 1.97. The van der Waals surface area contributed by atoms with Gasteiger partial charge in [-0.25, -0.2) is 0 Å². The van der Waals surface area contributed by atoms with Crippen molar-refractivity contribution in [1.82, 2.24) is 5.32 Å². The largest absolute Gasteiger partial charge is 0.378 e. The molecule has 1 aliphatic heterocycles. The normalized spacial score (nSPS) is 23.0. The lowest BCUT2D eigenvalue weighted by atomic mass is 10.2. The molecule has 18 heavy (non-hydrogen) atoms. The van der Waals surface area contributed by atoms with Crippen LogP contribution in [0.25, 0.3) is 0 Å². The van der Waals surface area contributed by atoms with E-state index in [0.717, 1.165) is 18.8 Å². The maximum absolute atomic E-state index is 10.7. The van der Waals surface area contributed by atoms with Gasteiger partial charge in [-0.15, -0.1) is 0 Å². The number of nitrogens with one attached hydrogen (secondary N) is 2. The van der Waals surface area contributed by atoms with E-state index < -0.39 is 0 Å². The average Bonchev–Trinajstić information content (AvgIpc) is 2.76. The number of benzene rings is 1. The molecule has 1 heterocycles. The zero-order chi connectivity index (χ0) is 13.1. The third kappa shape index (κ3) is 2.90. The SMILES string of the molecule is CO[C@H]1CNCC1Nc1ccc([N+](=O)[O-])c(I)c1. The lowest BCUT2D eigenvalue weighted by Gasteiger charge is -2.19. The van der Waals surface area contributed by atoms with E-state index in [1.807, 2.05) is 22.6 Å². The van der Waals surface area contributed by atoms with Gasteiger partial charge in [0.2, 0.25) is 0 Å². The number of halogens is 1. The van der Waals surface area contributed by atoms with Crippen molar-refractivity contribution in [3.63, 3.8) is 0 Å². The lowest BCUT2D eigenvalue weighted by Crippen LogP contribution is -2.33. The van der Waals surface area contributed by atoms with Gasteiger partial charge in [-0.05, 0) is 34.7 Å². The molecule has 1 aromatic carbocycles. The average molecular weight is 363 g/mol. The van der Waals surface area contributed by atoms with Crippen LogP contribution in [-0.2, 0) is 4.74 Å². The summed E-state index contributed by atoms with van der Waals surface area (Å²) in [5, 5.41) is 17.3. The summed E-state index contributed by atoms with van der Waals surface area (Å²) in [6.45, 7) is 1.64. The van der Waals surface area contributed by atoms with Crippen molar-refractivity contribution in [2.75, 3.05) is 25.5 Å². The maximum Gasteiger partial charge on any atom is 0.282 e. The van der Waals surface area contributed by atoms with E-state index in [1.165, 1.54) is 6.07 Å². The Hall–Kier alpha value is -0.930. The number of hydrogen-bond acceptors (Lipinski definition) is 5. The molecule has 6 nitrogen and oxygen atoms in total. The van der Waals surface area contributed by atoms with Gasteiger partial charge in [-0.2, -0.15) is 0 Å². The van der Waals surface area contributed by atoms with Crippen molar-refractivity contribution in [2.45, 2.75) is 12.1 Å². The molecule has 0 radical (unpaired) electrons. The van der Waals surface area contributed by atoms with Gasteiger partial charge in [-0.1, -0.05) is 0 Å². The van der Waals surface area contributed by atoms with Gasteiger partial charge in [0.15, 0.2) is 0 Å². The highest BCUT2D eigenvalue weighted by atomic mass is 127. The summed E-state index contributed by atoms with van der Waals surface area (Å²) in [6, 6.07) is 5.22. The molecule has 0 aromatic heterocycles. The number of nitro benzene ring substituents is 1. The third-order valence-electron chi connectivity index (χ3n) is 2.96. The van der Waals surface area contributed by atoms with Crippen molar-refractivity contribution < 1.29 is 9.66 Å². The third-order valence-corrected chi connectivity index (χ3v) is 3.82. The first-order valence-electron chi connectivity index (χ1n) is 5.56. The van der Waals surface area contributed by atoms with Gasteiger partial charge in [0.1, 0.15) is 0 Å². The highest BCUT2D eigenvalue weighted by Crippen LogP contribution is 2.25. The molecule has 0 spiro atoms. The Bertz CT molecular complexity index is 455. The summed E-state index contributed by atoms with van der Waals surface area (Å²) < 4.78 is 5.98. The Kier molecular flexibility index (Phi) is 4.36. The lowest BCUT2D eigenvalue weighted by molar-refractivity contribution is -0.385. The molecule has 1 aliphatic rings. The Morgan fingerprint density at radius 2 is 2.33 bits per heavy atom. The standard InChI is InChI=1S/C11H14IN3O3/c1-18-11-6-13-5-9(11)14-7-2-3-10(15(16)17)8(12)4-7/h2-4,9,11,13-14H,5-6H2,1H3/t9?,11-/m0/s1. The molecule has 7 heteroatoms. The molecule has 1 saturated heterocycles. The van der Waals surface area contributed by atoms with Crippen LogP contribution in [0.15, 0.2) is 18.2 Å². The first-order chi connectivity index (χ1) is 8.61. The Labute approximate surface area is 118 Å². The Balaban J connectivity index is 2.10. The molecule has 0 amide bonds. The van der Waals surface area contributed by atoms with Crippen LogP contribution in [0.2, 0.25) is 0 Å². The van der Waals surface area contributed by atoms with Gasteiger partial charge in [0.05, 0.1) is 20.6 Å². The predicted octanol–water partition coefficient (Wildman–Crippen LogP) is 1.60. The molecule has 98 valence electrons. The quantitative estimate of drug-likeness (QED) is 0.483. The minimum absolute atomic E-state index is 0.123. The molecule has 1 fully saturated rings. The van der Waals surface area contributed by atoms with Crippen LogP contribution < -0.4 is 10.6 Å². The number of nitrogens with zero attached hydrogens (tertiary/aromatic N) is 1. The number of ether oxygens (including phenoxy) is 1.